The van der Waals surface area contributed by atoms with E-state index in [4.69, 9.17) is 9.47 Å². The number of hydrogen-bond donors (Lipinski definition) is 2. The second kappa shape index (κ2) is 10.8. The van der Waals surface area contributed by atoms with Gasteiger partial charge in [0.1, 0.15) is 35.6 Å². The maximum absolute atomic E-state index is 15.3. The van der Waals surface area contributed by atoms with E-state index < -0.39 is 33.6 Å². The molecule has 1 unspecified atom stereocenters. The van der Waals surface area contributed by atoms with E-state index in [1.165, 1.54) is 30.8 Å². The summed E-state index contributed by atoms with van der Waals surface area (Å²) in [5.74, 6) is -1.00. The fraction of sp³-hybridized carbons (Fsp3) is 0.231. The van der Waals surface area contributed by atoms with Crippen LogP contribution < -0.4 is 10.1 Å². The molecule has 0 radical (unpaired) electrons. The Labute approximate surface area is 213 Å². The summed E-state index contributed by atoms with van der Waals surface area (Å²) >= 11 is 0. The van der Waals surface area contributed by atoms with Gasteiger partial charge in [-0.3, -0.25) is 0 Å². The summed E-state index contributed by atoms with van der Waals surface area (Å²) in [5.41, 5.74) is 0.713. The van der Waals surface area contributed by atoms with Crippen LogP contribution in [0.3, 0.4) is 0 Å². The molecule has 37 heavy (non-hydrogen) atoms. The first-order valence-corrected chi connectivity index (χ1v) is 12.9. The third kappa shape index (κ3) is 5.68. The van der Waals surface area contributed by atoms with Crippen LogP contribution in [0.2, 0.25) is 0 Å². The van der Waals surface area contributed by atoms with Crippen molar-refractivity contribution < 1.29 is 27.6 Å². The molecule has 194 valence electrons. The van der Waals surface area contributed by atoms with Crippen LogP contribution >= 0.6 is 0 Å². The number of fused-ring (bicyclic) bond motifs is 1. The number of ether oxygens (including phenoxy) is 2. The molecule has 1 fully saturated rings. The largest absolute Gasteiger partial charge is 0.483 e. The highest BCUT2D eigenvalue weighted by atomic mass is 32.2. The van der Waals surface area contributed by atoms with Crippen molar-refractivity contribution in [3.8, 4) is 5.75 Å². The van der Waals surface area contributed by atoms with Crippen molar-refractivity contribution >= 4 is 37.8 Å². The minimum Gasteiger partial charge on any atom is -0.483 e. The van der Waals surface area contributed by atoms with E-state index in [0.29, 0.717) is 10.6 Å². The van der Waals surface area contributed by atoms with E-state index in [9.17, 15) is 13.7 Å². The van der Waals surface area contributed by atoms with Gasteiger partial charge >= 0.3 is 0 Å². The number of anilines is 2. The van der Waals surface area contributed by atoms with Gasteiger partial charge in [0.05, 0.1) is 45.2 Å². The van der Waals surface area contributed by atoms with Crippen LogP contribution in [0.15, 0.2) is 76.2 Å². The minimum absolute atomic E-state index is 0. The Kier molecular flexibility index (Phi) is 7.67. The Morgan fingerprint density at radius 3 is 2.62 bits per heavy atom. The van der Waals surface area contributed by atoms with Gasteiger partial charge in [0.15, 0.2) is 6.10 Å². The van der Waals surface area contributed by atoms with Gasteiger partial charge in [0, 0.05) is 23.3 Å². The molecule has 1 aliphatic rings. The lowest BCUT2D eigenvalue weighted by atomic mass is 10.2. The van der Waals surface area contributed by atoms with E-state index in [1.54, 1.807) is 30.3 Å². The third-order valence-electron chi connectivity index (χ3n) is 5.61. The van der Waals surface area contributed by atoms with E-state index in [-0.39, 0.29) is 48.8 Å². The number of rotatable bonds is 6. The first-order valence-electron chi connectivity index (χ1n) is 11.0. The van der Waals surface area contributed by atoms with Crippen molar-refractivity contribution in [2.75, 3.05) is 24.8 Å². The number of nitrogens with zero attached hydrogens (tertiary/aromatic N) is 3. The van der Waals surface area contributed by atoms with Crippen LogP contribution in [0, 0.1) is 11.6 Å². The number of nitrogens with one attached hydrogen (secondary N) is 1. The molecule has 5 rings (SSSR count). The van der Waals surface area contributed by atoms with Gasteiger partial charge in [0.2, 0.25) is 0 Å². The standard InChI is InChI=1S/C25H22F2N4O4S.CH4/c1-36(33,17-5-3-2-4-6-17)31-16-10-18(27)24-20(11-16)28-14-29-25(24)30-19-8-7-15(26)9-22(19)35-23-13-34-12-21(23)32;/h2-11,14,21,23,32H,12-13H2,1H3,(H,28,29,30);1H4/t21-,23+,36?;/m0./s1. The van der Waals surface area contributed by atoms with Crippen LogP contribution in [0.1, 0.15) is 7.43 Å². The van der Waals surface area contributed by atoms with E-state index >= 15 is 4.39 Å². The highest BCUT2D eigenvalue weighted by Gasteiger charge is 2.29. The first-order chi connectivity index (χ1) is 17.3. The lowest BCUT2D eigenvalue weighted by molar-refractivity contribution is 0.0736. The topological polar surface area (TPSA) is 106 Å². The third-order valence-corrected chi connectivity index (χ3v) is 7.32. The zero-order valence-electron chi connectivity index (χ0n) is 19.1. The van der Waals surface area contributed by atoms with Gasteiger partial charge < -0.3 is 19.9 Å². The normalized spacial score (nSPS) is 18.6. The first kappa shape index (κ1) is 26.4. The molecule has 11 heteroatoms. The second-order valence-corrected chi connectivity index (χ2v) is 10.5. The van der Waals surface area contributed by atoms with Gasteiger partial charge in [-0.15, -0.1) is 0 Å². The molecule has 0 saturated carbocycles. The number of halogens is 2. The molecule has 3 aromatic carbocycles. The highest BCUT2D eigenvalue weighted by molar-refractivity contribution is 7.93. The maximum Gasteiger partial charge on any atom is 0.150 e. The lowest BCUT2D eigenvalue weighted by Gasteiger charge is -2.19. The van der Waals surface area contributed by atoms with Crippen molar-refractivity contribution in [1.29, 1.82) is 0 Å². The molecule has 2 N–H and O–H groups in total. The predicted molar refractivity (Wildman–Crippen MR) is 138 cm³/mol. The van der Waals surface area contributed by atoms with Crippen molar-refractivity contribution in [2.24, 2.45) is 4.36 Å². The molecule has 3 atom stereocenters. The van der Waals surface area contributed by atoms with Crippen LogP contribution in [0.4, 0.5) is 26.0 Å². The fourth-order valence-corrected chi connectivity index (χ4v) is 5.10. The quantitative estimate of drug-likeness (QED) is 0.354. The van der Waals surface area contributed by atoms with Gasteiger partial charge in [-0.1, -0.05) is 25.6 Å². The summed E-state index contributed by atoms with van der Waals surface area (Å²) in [6.07, 6.45) is 1.20. The van der Waals surface area contributed by atoms with Gasteiger partial charge in [-0.2, -0.15) is 4.36 Å². The summed E-state index contributed by atoms with van der Waals surface area (Å²) in [4.78, 5) is 8.83. The Balaban J connectivity index is 0.00000320. The molecule has 8 nitrogen and oxygen atoms in total. The second-order valence-electron chi connectivity index (χ2n) is 8.28. The molecule has 0 aliphatic carbocycles. The average Bonchev–Trinajstić information content (AvgIpc) is 3.25. The molecule has 0 spiro atoms. The molecule has 0 bridgehead atoms. The summed E-state index contributed by atoms with van der Waals surface area (Å²) in [6.45, 7) is 0.268. The lowest BCUT2D eigenvalue weighted by Crippen LogP contribution is -2.30. The molecule has 1 aromatic heterocycles. The summed E-state index contributed by atoms with van der Waals surface area (Å²) in [7, 11) is -2.82. The fourth-order valence-electron chi connectivity index (χ4n) is 3.83. The highest BCUT2D eigenvalue weighted by Crippen LogP contribution is 2.34. The molecule has 1 saturated heterocycles. The average molecular weight is 529 g/mol. The van der Waals surface area contributed by atoms with Gasteiger partial charge in [0.25, 0.3) is 0 Å². The summed E-state index contributed by atoms with van der Waals surface area (Å²) in [5, 5.41) is 13.0. The zero-order chi connectivity index (χ0) is 25.3. The van der Waals surface area contributed by atoms with Crippen LogP contribution in [-0.2, 0) is 14.5 Å². The van der Waals surface area contributed by atoms with Crippen molar-refractivity contribution in [3.05, 3.63) is 78.6 Å². The van der Waals surface area contributed by atoms with E-state index in [2.05, 4.69) is 19.6 Å². The zero-order valence-corrected chi connectivity index (χ0v) is 19.9. The monoisotopic (exact) mass is 528 g/mol. The number of aromatic nitrogens is 2. The summed E-state index contributed by atoms with van der Waals surface area (Å²) in [6, 6.07) is 15.2. The molecule has 1 aliphatic heterocycles. The predicted octanol–water partition coefficient (Wildman–Crippen LogP) is 5.21. The molecule has 2 heterocycles. The Hall–Kier alpha value is -3.67. The van der Waals surface area contributed by atoms with Crippen LogP contribution in [-0.4, -0.2) is 51.0 Å². The molecule has 0 amide bonds. The van der Waals surface area contributed by atoms with E-state index in [1.807, 2.05) is 0 Å². The maximum atomic E-state index is 15.3. The SMILES string of the molecule is C.CS(=O)(=Nc1cc(F)c2c(Nc3ccc(F)cc3O[C@@H]3COC[C@@H]3O)ncnc2c1)c1ccccc1. The molecular formula is C26H26F2N4O4S. The smallest absolute Gasteiger partial charge is 0.150 e. The Bertz CT molecular complexity index is 1540. The number of hydrogen-bond acceptors (Lipinski definition) is 8. The Morgan fingerprint density at radius 1 is 1.11 bits per heavy atom. The van der Waals surface area contributed by atoms with Gasteiger partial charge in [-0.05, 0) is 30.3 Å². The van der Waals surface area contributed by atoms with Crippen molar-refractivity contribution in [1.82, 2.24) is 9.97 Å². The van der Waals surface area contributed by atoms with Gasteiger partial charge in [-0.25, -0.2) is 23.0 Å². The van der Waals surface area contributed by atoms with E-state index in [0.717, 1.165) is 12.1 Å². The van der Waals surface area contributed by atoms with Crippen molar-refractivity contribution in [3.63, 3.8) is 0 Å². The Morgan fingerprint density at radius 2 is 1.89 bits per heavy atom. The molecule has 4 aromatic rings. The van der Waals surface area contributed by atoms with Crippen LogP contribution in [0.5, 0.6) is 5.75 Å². The van der Waals surface area contributed by atoms with Crippen LogP contribution in [0.25, 0.3) is 10.9 Å². The number of aliphatic hydroxyl groups is 1. The minimum atomic E-state index is -2.82. The molecular weight excluding hydrogens is 502 g/mol. The van der Waals surface area contributed by atoms with Crippen molar-refractivity contribution in [2.45, 2.75) is 24.5 Å². The number of aliphatic hydroxyl groups excluding tert-OH is 1. The number of benzene rings is 3. The summed E-state index contributed by atoms with van der Waals surface area (Å²) < 4.78 is 57.7.